The molecule has 1 amide bonds. The number of halogens is 2. The number of hydrogen-bond acceptors (Lipinski definition) is 5. The molecule has 3 aromatic rings. The monoisotopic (exact) mass is 345 g/mol. The van der Waals surface area contributed by atoms with Crippen LogP contribution in [-0.4, -0.2) is 53.9 Å². The van der Waals surface area contributed by atoms with Gasteiger partial charge in [-0.05, 0) is 18.2 Å². The van der Waals surface area contributed by atoms with Crippen molar-refractivity contribution in [2.24, 2.45) is 0 Å². The summed E-state index contributed by atoms with van der Waals surface area (Å²) in [6.07, 6.45) is 4.95. The molecular formula is C15H13F2N7O. The van der Waals surface area contributed by atoms with Crippen LogP contribution in [0.3, 0.4) is 0 Å². The van der Waals surface area contributed by atoms with Gasteiger partial charge in [-0.1, -0.05) is 5.21 Å². The predicted molar refractivity (Wildman–Crippen MR) is 80.4 cm³/mol. The highest BCUT2D eigenvalue weighted by molar-refractivity contribution is 5.94. The van der Waals surface area contributed by atoms with Gasteiger partial charge in [-0.15, -0.1) is 5.10 Å². The second-order valence-electron chi connectivity index (χ2n) is 5.74. The molecule has 0 bridgehead atoms. The lowest BCUT2D eigenvalue weighted by Gasteiger charge is -2.38. The SMILES string of the molecule is O=C(c1ccc(F)c(F)c1)N1CC(n2cc(Cn3nccn3)nn2)C1. The van der Waals surface area contributed by atoms with Crippen molar-refractivity contribution in [3.05, 3.63) is 59.7 Å². The van der Waals surface area contributed by atoms with Crippen molar-refractivity contribution < 1.29 is 13.6 Å². The van der Waals surface area contributed by atoms with Crippen molar-refractivity contribution in [3.63, 3.8) is 0 Å². The quantitative estimate of drug-likeness (QED) is 0.701. The summed E-state index contributed by atoms with van der Waals surface area (Å²) < 4.78 is 27.9. The first-order valence-corrected chi connectivity index (χ1v) is 7.59. The summed E-state index contributed by atoms with van der Waals surface area (Å²) in [5.74, 6) is -2.34. The molecule has 0 atom stereocenters. The molecule has 10 heteroatoms. The Morgan fingerprint density at radius 2 is 1.92 bits per heavy atom. The van der Waals surface area contributed by atoms with E-state index in [-0.39, 0.29) is 17.5 Å². The zero-order valence-electron chi connectivity index (χ0n) is 13.0. The van der Waals surface area contributed by atoms with E-state index in [9.17, 15) is 13.6 Å². The Hall–Kier alpha value is -3.17. The van der Waals surface area contributed by atoms with Crippen LogP contribution in [0.15, 0.2) is 36.8 Å². The Balaban J connectivity index is 1.37. The maximum absolute atomic E-state index is 13.2. The van der Waals surface area contributed by atoms with E-state index in [0.717, 1.165) is 12.1 Å². The van der Waals surface area contributed by atoms with Crippen molar-refractivity contribution in [1.29, 1.82) is 0 Å². The molecule has 128 valence electrons. The van der Waals surface area contributed by atoms with Gasteiger partial charge in [-0.3, -0.25) is 4.79 Å². The van der Waals surface area contributed by atoms with E-state index in [1.54, 1.807) is 28.2 Å². The Bertz CT molecular complexity index is 903. The topological polar surface area (TPSA) is 81.7 Å². The predicted octanol–water partition coefficient (Wildman–Crippen LogP) is 0.893. The number of benzene rings is 1. The minimum atomic E-state index is -1.03. The lowest BCUT2D eigenvalue weighted by atomic mass is 10.1. The number of carbonyl (C=O) groups is 1. The maximum atomic E-state index is 13.2. The number of carbonyl (C=O) groups excluding carboxylic acids is 1. The fourth-order valence-electron chi connectivity index (χ4n) is 2.63. The van der Waals surface area contributed by atoms with Crippen LogP contribution in [0.25, 0.3) is 0 Å². The van der Waals surface area contributed by atoms with E-state index in [4.69, 9.17) is 0 Å². The van der Waals surface area contributed by atoms with E-state index in [2.05, 4.69) is 20.5 Å². The molecule has 3 heterocycles. The molecule has 0 N–H and O–H groups in total. The Labute approximate surface area is 140 Å². The molecule has 1 aliphatic rings. The maximum Gasteiger partial charge on any atom is 0.254 e. The van der Waals surface area contributed by atoms with Gasteiger partial charge in [0.1, 0.15) is 12.2 Å². The van der Waals surface area contributed by atoms with Crippen LogP contribution in [0.4, 0.5) is 8.78 Å². The number of aromatic nitrogens is 6. The highest BCUT2D eigenvalue weighted by Gasteiger charge is 2.33. The molecule has 4 rings (SSSR count). The molecule has 0 radical (unpaired) electrons. The summed E-state index contributed by atoms with van der Waals surface area (Å²) in [4.78, 5) is 15.3. The summed E-state index contributed by atoms with van der Waals surface area (Å²) in [6.45, 7) is 1.28. The third kappa shape index (κ3) is 2.97. The smallest absolute Gasteiger partial charge is 0.254 e. The van der Waals surface area contributed by atoms with E-state index in [1.807, 2.05) is 0 Å². The van der Waals surface area contributed by atoms with Crippen LogP contribution >= 0.6 is 0 Å². The average molecular weight is 345 g/mol. The van der Waals surface area contributed by atoms with E-state index < -0.39 is 11.6 Å². The fraction of sp³-hybridized carbons (Fsp3) is 0.267. The number of hydrogen-bond donors (Lipinski definition) is 0. The highest BCUT2D eigenvalue weighted by Crippen LogP contribution is 2.23. The lowest BCUT2D eigenvalue weighted by molar-refractivity contribution is 0.0498. The average Bonchev–Trinajstić information content (AvgIpc) is 3.21. The Kier molecular flexibility index (Phi) is 3.71. The summed E-state index contributed by atoms with van der Waals surface area (Å²) in [5.41, 5.74) is 0.836. The first kappa shape index (κ1) is 15.4. The molecule has 0 saturated carbocycles. The third-order valence-electron chi connectivity index (χ3n) is 4.02. The van der Waals surface area contributed by atoms with Gasteiger partial charge in [0.25, 0.3) is 5.91 Å². The second-order valence-corrected chi connectivity index (χ2v) is 5.74. The van der Waals surface area contributed by atoms with Crippen molar-refractivity contribution in [1.82, 2.24) is 34.9 Å². The summed E-state index contributed by atoms with van der Waals surface area (Å²) in [6, 6.07) is 3.14. The van der Waals surface area contributed by atoms with Gasteiger partial charge in [-0.25, -0.2) is 13.5 Å². The summed E-state index contributed by atoms with van der Waals surface area (Å²) in [5, 5.41) is 16.1. The largest absolute Gasteiger partial charge is 0.334 e. The zero-order chi connectivity index (χ0) is 17.4. The minimum Gasteiger partial charge on any atom is -0.334 e. The molecule has 0 unspecified atom stereocenters. The van der Waals surface area contributed by atoms with Crippen LogP contribution < -0.4 is 0 Å². The van der Waals surface area contributed by atoms with Crippen LogP contribution in [0, 0.1) is 11.6 Å². The molecule has 0 aliphatic carbocycles. The molecule has 25 heavy (non-hydrogen) atoms. The normalized spacial score (nSPS) is 14.6. The number of amides is 1. The van der Waals surface area contributed by atoms with Crippen LogP contribution in [0.1, 0.15) is 22.1 Å². The van der Waals surface area contributed by atoms with Gasteiger partial charge in [0.15, 0.2) is 11.6 Å². The summed E-state index contributed by atoms with van der Waals surface area (Å²) in [7, 11) is 0. The van der Waals surface area contributed by atoms with E-state index in [1.165, 1.54) is 10.9 Å². The number of likely N-dealkylation sites (tertiary alicyclic amines) is 1. The lowest BCUT2D eigenvalue weighted by Crippen LogP contribution is -2.50. The van der Waals surface area contributed by atoms with Crippen molar-refractivity contribution in [3.8, 4) is 0 Å². The molecule has 1 aromatic carbocycles. The molecule has 1 saturated heterocycles. The van der Waals surface area contributed by atoms with Crippen LogP contribution in [0.5, 0.6) is 0 Å². The van der Waals surface area contributed by atoms with Crippen molar-refractivity contribution in [2.45, 2.75) is 12.6 Å². The standard InChI is InChI=1S/C15H13F2N7O/c16-13-2-1-10(5-14(13)17)15(25)22-8-12(9-22)23-6-11(20-21-23)7-24-18-3-4-19-24/h1-6,12H,7-9H2. The Morgan fingerprint density at radius 1 is 1.16 bits per heavy atom. The molecule has 0 spiro atoms. The first-order chi connectivity index (χ1) is 12.1. The molecular weight excluding hydrogens is 332 g/mol. The van der Waals surface area contributed by atoms with Gasteiger partial charge < -0.3 is 4.90 Å². The van der Waals surface area contributed by atoms with Crippen LogP contribution in [0.2, 0.25) is 0 Å². The second kappa shape index (κ2) is 6.04. The van der Waals surface area contributed by atoms with E-state index >= 15 is 0 Å². The van der Waals surface area contributed by atoms with Gasteiger partial charge in [0.05, 0.1) is 24.6 Å². The van der Waals surface area contributed by atoms with Gasteiger partial charge >= 0.3 is 0 Å². The fourth-order valence-corrected chi connectivity index (χ4v) is 2.63. The number of nitrogens with zero attached hydrogens (tertiary/aromatic N) is 7. The van der Waals surface area contributed by atoms with Gasteiger partial charge in [-0.2, -0.15) is 15.0 Å². The third-order valence-corrected chi connectivity index (χ3v) is 4.02. The molecule has 8 nitrogen and oxygen atoms in total. The Morgan fingerprint density at radius 3 is 2.64 bits per heavy atom. The van der Waals surface area contributed by atoms with Gasteiger partial charge in [0, 0.05) is 18.7 Å². The van der Waals surface area contributed by atoms with Crippen molar-refractivity contribution >= 4 is 5.91 Å². The minimum absolute atomic E-state index is 0.000996. The summed E-state index contributed by atoms with van der Waals surface area (Å²) >= 11 is 0. The van der Waals surface area contributed by atoms with Crippen LogP contribution in [-0.2, 0) is 6.54 Å². The first-order valence-electron chi connectivity index (χ1n) is 7.59. The molecule has 2 aromatic heterocycles. The number of rotatable bonds is 4. The van der Waals surface area contributed by atoms with Crippen molar-refractivity contribution in [2.75, 3.05) is 13.1 Å². The van der Waals surface area contributed by atoms with Gasteiger partial charge in [0.2, 0.25) is 0 Å². The highest BCUT2D eigenvalue weighted by atomic mass is 19.2. The molecule has 1 fully saturated rings. The zero-order valence-corrected chi connectivity index (χ0v) is 13.0. The van der Waals surface area contributed by atoms with E-state index in [0.29, 0.717) is 25.3 Å². The molecule has 1 aliphatic heterocycles.